The minimum Gasteiger partial charge on any atom is -0.468 e. The van der Waals surface area contributed by atoms with Gasteiger partial charge in [0, 0.05) is 6.54 Å². The van der Waals surface area contributed by atoms with Crippen LogP contribution >= 0.6 is 0 Å². The van der Waals surface area contributed by atoms with E-state index in [1.165, 1.54) is 14.0 Å². The van der Waals surface area contributed by atoms with Crippen LogP contribution in [0.2, 0.25) is 0 Å². The van der Waals surface area contributed by atoms with Gasteiger partial charge in [0.15, 0.2) is 5.41 Å². The first-order valence-corrected chi connectivity index (χ1v) is 6.94. The van der Waals surface area contributed by atoms with Gasteiger partial charge in [0.05, 0.1) is 13.0 Å². The van der Waals surface area contributed by atoms with Gasteiger partial charge in [-0.15, -0.1) is 0 Å². The molecule has 120 valence electrons. The highest BCUT2D eigenvalue weighted by molar-refractivity contribution is 6.04. The maximum Gasteiger partial charge on any atom is 0.324 e. The first-order chi connectivity index (χ1) is 9.56. The molecule has 0 unspecified atom stereocenters. The molecule has 2 atom stereocenters. The van der Waals surface area contributed by atoms with E-state index in [0.29, 0.717) is 6.42 Å². The molecule has 0 radical (unpaired) electrons. The SMILES string of the molecule is COC(=O)[C@]1(C(=O)OC(C)(C)C)CCCN(N)C(=O)[C@H]1C. The van der Waals surface area contributed by atoms with Crippen molar-refractivity contribution in [2.24, 2.45) is 17.2 Å². The van der Waals surface area contributed by atoms with E-state index in [9.17, 15) is 14.4 Å². The second kappa shape index (κ2) is 6.01. The van der Waals surface area contributed by atoms with Crippen LogP contribution in [0.1, 0.15) is 40.5 Å². The van der Waals surface area contributed by atoms with Crippen LogP contribution < -0.4 is 5.84 Å². The Labute approximate surface area is 124 Å². The molecule has 7 heteroatoms. The third-order valence-corrected chi connectivity index (χ3v) is 3.68. The molecule has 7 nitrogen and oxygen atoms in total. The summed E-state index contributed by atoms with van der Waals surface area (Å²) in [6.45, 7) is 6.90. The Morgan fingerprint density at radius 1 is 1.33 bits per heavy atom. The minimum absolute atomic E-state index is 0.162. The Hall–Kier alpha value is -1.63. The van der Waals surface area contributed by atoms with Gasteiger partial charge in [-0.05, 0) is 33.6 Å². The average Bonchev–Trinajstić information content (AvgIpc) is 2.48. The molecule has 1 aliphatic rings. The third-order valence-electron chi connectivity index (χ3n) is 3.68. The van der Waals surface area contributed by atoms with Crippen molar-refractivity contribution >= 4 is 17.8 Å². The summed E-state index contributed by atoms with van der Waals surface area (Å²) in [4.78, 5) is 37.2. The van der Waals surface area contributed by atoms with Crippen molar-refractivity contribution in [3.8, 4) is 0 Å². The lowest BCUT2D eigenvalue weighted by Gasteiger charge is -2.34. The van der Waals surface area contributed by atoms with Crippen LogP contribution in [0.25, 0.3) is 0 Å². The molecule has 0 aromatic rings. The van der Waals surface area contributed by atoms with Gasteiger partial charge in [0.2, 0.25) is 5.91 Å². The van der Waals surface area contributed by atoms with Crippen molar-refractivity contribution in [2.45, 2.75) is 46.1 Å². The Morgan fingerprint density at radius 2 is 1.90 bits per heavy atom. The van der Waals surface area contributed by atoms with E-state index in [0.717, 1.165) is 5.01 Å². The van der Waals surface area contributed by atoms with Gasteiger partial charge >= 0.3 is 11.9 Å². The lowest BCUT2D eigenvalue weighted by molar-refractivity contribution is -0.185. The van der Waals surface area contributed by atoms with E-state index >= 15 is 0 Å². The van der Waals surface area contributed by atoms with Gasteiger partial charge in [-0.1, -0.05) is 6.92 Å². The maximum absolute atomic E-state index is 12.6. The highest BCUT2D eigenvalue weighted by atomic mass is 16.6. The highest BCUT2D eigenvalue weighted by Crippen LogP contribution is 2.40. The van der Waals surface area contributed by atoms with E-state index in [1.54, 1.807) is 20.8 Å². The second-order valence-electron chi connectivity index (χ2n) is 6.32. The van der Waals surface area contributed by atoms with Crippen molar-refractivity contribution in [3.05, 3.63) is 0 Å². The zero-order chi connectivity index (χ0) is 16.4. The summed E-state index contributed by atoms with van der Waals surface area (Å²) in [5, 5.41) is 1.04. The van der Waals surface area contributed by atoms with Crippen LogP contribution in [0.5, 0.6) is 0 Å². The Kier molecular flexibility index (Phi) is 4.99. The number of amides is 1. The number of carbonyl (C=O) groups excluding carboxylic acids is 3. The number of nitrogens with two attached hydrogens (primary N) is 1. The first-order valence-electron chi connectivity index (χ1n) is 6.94. The lowest BCUT2D eigenvalue weighted by Crippen LogP contribution is -2.52. The van der Waals surface area contributed by atoms with Crippen LogP contribution in [0.3, 0.4) is 0 Å². The molecule has 2 N–H and O–H groups in total. The molecule has 0 spiro atoms. The van der Waals surface area contributed by atoms with Crippen LogP contribution in [0.4, 0.5) is 0 Å². The monoisotopic (exact) mass is 300 g/mol. The van der Waals surface area contributed by atoms with Gasteiger partial charge in [0.1, 0.15) is 5.60 Å². The molecule has 1 amide bonds. The minimum atomic E-state index is -1.65. The summed E-state index contributed by atoms with van der Waals surface area (Å²) in [6.07, 6.45) is 0.579. The summed E-state index contributed by atoms with van der Waals surface area (Å²) in [6, 6.07) is 0. The topological polar surface area (TPSA) is 98.9 Å². The molecule has 21 heavy (non-hydrogen) atoms. The summed E-state index contributed by atoms with van der Waals surface area (Å²) in [5.74, 6) is 2.74. The van der Waals surface area contributed by atoms with Gasteiger partial charge in [-0.3, -0.25) is 19.4 Å². The van der Waals surface area contributed by atoms with Gasteiger partial charge < -0.3 is 9.47 Å². The first kappa shape index (κ1) is 17.4. The zero-order valence-electron chi connectivity index (χ0n) is 13.3. The van der Waals surface area contributed by atoms with Crippen LogP contribution in [0, 0.1) is 11.3 Å². The molecule has 0 bridgehead atoms. The molecule has 1 saturated heterocycles. The predicted octanol–water partition coefficient (Wildman–Crippen LogP) is 0.620. The quantitative estimate of drug-likeness (QED) is 0.347. The summed E-state index contributed by atoms with van der Waals surface area (Å²) < 4.78 is 10.1. The number of esters is 2. The molecular formula is C14H24N2O5. The largest absolute Gasteiger partial charge is 0.468 e. The van der Waals surface area contributed by atoms with E-state index in [2.05, 4.69) is 0 Å². The number of rotatable bonds is 2. The third kappa shape index (κ3) is 3.34. The number of carbonyl (C=O) groups is 3. The Balaban J connectivity index is 3.29. The van der Waals surface area contributed by atoms with E-state index in [-0.39, 0.29) is 13.0 Å². The predicted molar refractivity (Wildman–Crippen MR) is 74.6 cm³/mol. The van der Waals surface area contributed by atoms with Gasteiger partial charge in [-0.25, -0.2) is 5.84 Å². The zero-order valence-corrected chi connectivity index (χ0v) is 13.3. The van der Waals surface area contributed by atoms with Crippen molar-refractivity contribution < 1.29 is 23.9 Å². The standard InChI is InChI=1S/C14H24N2O5/c1-9-10(17)16(15)8-6-7-14(9,11(18)20-5)12(19)21-13(2,3)4/h9H,6-8,15H2,1-5H3/t9-,14+/m1/s1. The van der Waals surface area contributed by atoms with Crippen molar-refractivity contribution in [1.82, 2.24) is 5.01 Å². The van der Waals surface area contributed by atoms with E-state index in [1.807, 2.05) is 0 Å². The van der Waals surface area contributed by atoms with Crippen LogP contribution in [-0.2, 0) is 23.9 Å². The summed E-state index contributed by atoms with van der Waals surface area (Å²) in [7, 11) is 1.19. The number of methoxy groups -OCH3 is 1. The average molecular weight is 300 g/mol. The number of hydrogen-bond acceptors (Lipinski definition) is 6. The number of hydrazine groups is 1. The van der Waals surface area contributed by atoms with Gasteiger partial charge in [0.25, 0.3) is 0 Å². The van der Waals surface area contributed by atoms with E-state index in [4.69, 9.17) is 15.3 Å². The van der Waals surface area contributed by atoms with Crippen molar-refractivity contribution in [2.75, 3.05) is 13.7 Å². The Bertz CT molecular complexity index is 443. The van der Waals surface area contributed by atoms with Crippen LogP contribution in [-0.4, -0.2) is 42.1 Å². The lowest BCUT2D eigenvalue weighted by atomic mass is 9.72. The summed E-state index contributed by atoms with van der Waals surface area (Å²) in [5.41, 5.74) is -2.41. The van der Waals surface area contributed by atoms with E-state index < -0.39 is 34.8 Å². The second-order valence-corrected chi connectivity index (χ2v) is 6.32. The number of hydrogen-bond donors (Lipinski definition) is 1. The molecular weight excluding hydrogens is 276 g/mol. The maximum atomic E-state index is 12.6. The van der Waals surface area contributed by atoms with Crippen molar-refractivity contribution in [3.63, 3.8) is 0 Å². The summed E-state index contributed by atoms with van der Waals surface area (Å²) >= 11 is 0. The van der Waals surface area contributed by atoms with Crippen LogP contribution in [0.15, 0.2) is 0 Å². The van der Waals surface area contributed by atoms with Crippen molar-refractivity contribution in [1.29, 1.82) is 0 Å². The Morgan fingerprint density at radius 3 is 2.38 bits per heavy atom. The fourth-order valence-corrected chi connectivity index (χ4v) is 2.51. The molecule has 1 heterocycles. The molecule has 1 fully saturated rings. The fourth-order valence-electron chi connectivity index (χ4n) is 2.51. The number of nitrogens with zero attached hydrogens (tertiary/aromatic N) is 1. The fraction of sp³-hybridized carbons (Fsp3) is 0.786. The molecule has 0 aromatic carbocycles. The smallest absolute Gasteiger partial charge is 0.324 e. The molecule has 0 aromatic heterocycles. The number of ether oxygens (including phenoxy) is 2. The molecule has 1 aliphatic heterocycles. The molecule has 0 saturated carbocycles. The highest BCUT2D eigenvalue weighted by Gasteiger charge is 2.57. The molecule has 1 rings (SSSR count). The van der Waals surface area contributed by atoms with Gasteiger partial charge in [-0.2, -0.15) is 0 Å². The molecule has 0 aliphatic carbocycles. The normalized spacial score (nSPS) is 27.0.